The van der Waals surface area contributed by atoms with Crippen LogP contribution in [0.15, 0.2) is 46.2 Å². The molecule has 0 atom stereocenters. The number of sulfonamides is 1. The Morgan fingerprint density at radius 2 is 1.76 bits per heavy atom. The maximum Gasteiger partial charge on any atom is 0.271 e. The van der Waals surface area contributed by atoms with Crippen molar-refractivity contribution in [3.63, 3.8) is 0 Å². The van der Waals surface area contributed by atoms with Gasteiger partial charge in [-0.25, -0.2) is 8.42 Å². The molecule has 3 rings (SSSR count). The summed E-state index contributed by atoms with van der Waals surface area (Å²) in [6, 6.07) is 8.54. The molecular weight excluding hydrogens is 390 g/mol. The number of aromatic nitrogens is 1. The lowest BCUT2D eigenvalue weighted by molar-refractivity contribution is -0.116. The monoisotopic (exact) mass is 417 g/mol. The van der Waals surface area contributed by atoms with Crippen LogP contribution in [0.3, 0.4) is 0 Å². The lowest BCUT2D eigenvalue weighted by Crippen LogP contribution is -2.37. The molecule has 0 saturated carbocycles. The van der Waals surface area contributed by atoms with Gasteiger partial charge in [-0.15, -0.1) is 0 Å². The first-order valence-electron chi connectivity index (χ1n) is 9.86. The molecule has 7 nitrogen and oxygen atoms in total. The molecule has 1 aliphatic rings. The first-order valence-corrected chi connectivity index (χ1v) is 11.3. The summed E-state index contributed by atoms with van der Waals surface area (Å²) >= 11 is 0. The highest BCUT2D eigenvalue weighted by Crippen LogP contribution is 2.18. The van der Waals surface area contributed by atoms with E-state index in [9.17, 15) is 18.0 Å². The van der Waals surface area contributed by atoms with Crippen molar-refractivity contribution in [2.45, 2.75) is 51.0 Å². The van der Waals surface area contributed by atoms with E-state index in [1.54, 1.807) is 0 Å². The van der Waals surface area contributed by atoms with Crippen LogP contribution in [0.2, 0.25) is 0 Å². The maximum atomic E-state index is 13.0. The third kappa shape index (κ3) is 4.94. The van der Waals surface area contributed by atoms with Crippen molar-refractivity contribution in [2.24, 2.45) is 0 Å². The smallest absolute Gasteiger partial charge is 0.271 e. The van der Waals surface area contributed by atoms with Crippen LogP contribution in [0.5, 0.6) is 0 Å². The fourth-order valence-corrected chi connectivity index (χ4v) is 5.08. The van der Waals surface area contributed by atoms with Crippen molar-refractivity contribution in [1.82, 2.24) is 8.87 Å². The third-order valence-corrected chi connectivity index (χ3v) is 7.06. The molecule has 1 aromatic carbocycles. The molecule has 8 heteroatoms. The lowest BCUT2D eigenvalue weighted by Gasteiger charge is -2.20. The Hall–Kier alpha value is -2.45. The number of anilines is 1. The number of amides is 1. The van der Waals surface area contributed by atoms with Crippen LogP contribution in [0.25, 0.3) is 0 Å². The normalized spacial score (nSPS) is 15.7. The fraction of sp³-hybridized carbons (Fsp3) is 0.429. The third-order valence-electron chi connectivity index (χ3n) is 5.15. The van der Waals surface area contributed by atoms with Gasteiger partial charge in [0.15, 0.2) is 0 Å². The first-order chi connectivity index (χ1) is 13.8. The van der Waals surface area contributed by atoms with Gasteiger partial charge in [-0.05, 0) is 56.0 Å². The summed E-state index contributed by atoms with van der Waals surface area (Å²) in [5, 5.41) is 2.80. The van der Waals surface area contributed by atoms with Crippen molar-refractivity contribution in [2.75, 3.05) is 18.4 Å². The number of carbonyl (C=O) groups is 1. The summed E-state index contributed by atoms with van der Waals surface area (Å²) < 4.78 is 28.5. The van der Waals surface area contributed by atoms with E-state index in [1.165, 1.54) is 22.6 Å². The highest BCUT2D eigenvalue weighted by molar-refractivity contribution is 7.89. The highest BCUT2D eigenvalue weighted by atomic mass is 32.2. The average Bonchev–Trinajstić information content (AvgIpc) is 2.96. The first kappa shape index (κ1) is 21.3. The molecule has 1 aliphatic heterocycles. The van der Waals surface area contributed by atoms with Crippen LogP contribution in [-0.4, -0.2) is 36.3 Å². The molecule has 0 aliphatic carbocycles. The number of rotatable bonds is 5. The van der Waals surface area contributed by atoms with Crippen LogP contribution in [-0.2, 0) is 21.4 Å². The minimum absolute atomic E-state index is 0.254. The zero-order chi connectivity index (χ0) is 21.0. The van der Waals surface area contributed by atoms with Gasteiger partial charge in [0.1, 0.15) is 11.4 Å². The molecule has 1 aromatic heterocycles. The number of hydrogen-bond acceptors (Lipinski definition) is 4. The molecule has 2 heterocycles. The van der Waals surface area contributed by atoms with Crippen LogP contribution in [0, 0.1) is 13.8 Å². The summed E-state index contributed by atoms with van der Waals surface area (Å²) in [7, 11) is -3.88. The summed E-state index contributed by atoms with van der Waals surface area (Å²) in [6.07, 6.45) is 5.00. The molecule has 1 fully saturated rings. The second kappa shape index (κ2) is 8.92. The van der Waals surface area contributed by atoms with E-state index in [0.29, 0.717) is 18.8 Å². The molecule has 156 valence electrons. The number of aryl methyl sites for hydroxylation is 2. The standard InChI is InChI=1S/C21H27N3O4S/c1-16-9-10-17(2)18(14-16)22-20(25)15-23-11-7-8-19(21(23)26)29(27,28)24-12-5-3-4-6-13-24/h7-11,14H,3-6,12-13,15H2,1-2H3,(H,22,25). The van der Waals surface area contributed by atoms with Gasteiger partial charge in [0.05, 0.1) is 0 Å². The van der Waals surface area contributed by atoms with E-state index in [0.717, 1.165) is 41.4 Å². The second-order valence-corrected chi connectivity index (χ2v) is 9.40. The van der Waals surface area contributed by atoms with Gasteiger partial charge in [0, 0.05) is 25.0 Å². The largest absolute Gasteiger partial charge is 0.324 e. The number of nitrogens with one attached hydrogen (secondary N) is 1. The van der Waals surface area contributed by atoms with E-state index in [2.05, 4.69) is 5.32 Å². The predicted molar refractivity (Wildman–Crippen MR) is 112 cm³/mol. The second-order valence-electron chi connectivity index (χ2n) is 7.49. The maximum absolute atomic E-state index is 13.0. The molecular formula is C21H27N3O4S. The Bertz CT molecular complexity index is 1050. The van der Waals surface area contributed by atoms with Crippen molar-refractivity contribution in [1.29, 1.82) is 0 Å². The topological polar surface area (TPSA) is 88.5 Å². The number of pyridine rings is 1. The number of nitrogens with zero attached hydrogens (tertiary/aromatic N) is 2. The van der Waals surface area contributed by atoms with E-state index in [4.69, 9.17) is 0 Å². The van der Waals surface area contributed by atoms with E-state index < -0.39 is 15.6 Å². The SMILES string of the molecule is Cc1ccc(C)c(NC(=O)Cn2cccc(S(=O)(=O)N3CCCCCC3)c2=O)c1. The minimum Gasteiger partial charge on any atom is -0.324 e. The quantitative estimate of drug-likeness (QED) is 0.810. The Morgan fingerprint density at radius 1 is 1.07 bits per heavy atom. The van der Waals surface area contributed by atoms with Crippen LogP contribution < -0.4 is 10.9 Å². The molecule has 0 spiro atoms. The predicted octanol–water partition coefficient (Wildman–Crippen LogP) is 2.67. The summed E-state index contributed by atoms with van der Waals surface area (Å²) in [4.78, 5) is 25.0. The highest BCUT2D eigenvalue weighted by Gasteiger charge is 2.28. The van der Waals surface area contributed by atoms with Gasteiger partial charge < -0.3 is 9.88 Å². The molecule has 0 bridgehead atoms. The van der Waals surface area contributed by atoms with Gasteiger partial charge in [-0.3, -0.25) is 9.59 Å². The van der Waals surface area contributed by atoms with Crippen LogP contribution >= 0.6 is 0 Å². The molecule has 0 unspecified atom stereocenters. The average molecular weight is 418 g/mol. The number of benzene rings is 1. The number of carbonyl (C=O) groups excluding carboxylic acids is 1. The van der Waals surface area contributed by atoms with Crippen LogP contribution in [0.4, 0.5) is 5.69 Å². The molecule has 29 heavy (non-hydrogen) atoms. The lowest BCUT2D eigenvalue weighted by atomic mass is 10.1. The fourth-order valence-electron chi connectivity index (χ4n) is 3.47. The van der Waals surface area contributed by atoms with Gasteiger partial charge >= 0.3 is 0 Å². The summed E-state index contributed by atoms with van der Waals surface area (Å²) in [5.41, 5.74) is 1.92. The van der Waals surface area contributed by atoms with Crippen molar-refractivity contribution in [3.8, 4) is 0 Å². The zero-order valence-corrected chi connectivity index (χ0v) is 17.7. The Morgan fingerprint density at radius 3 is 2.45 bits per heavy atom. The Balaban J connectivity index is 1.82. The molecule has 0 radical (unpaired) electrons. The molecule has 2 aromatic rings. The minimum atomic E-state index is -3.88. The summed E-state index contributed by atoms with van der Waals surface area (Å²) in [6.45, 7) is 4.40. The van der Waals surface area contributed by atoms with Gasteiger partial charge in [0.25, 0.3) is 5.56 Å². The van der Waals surface area contributed by atoms with Crippen molar-refractivity contribution >= 4 is 21.6 Å². The Kier molecular flexibility index (Phi) is 6.54. The van der Waals surface area contributed by atoms with Crippen LogP contribution in [0.1, 0.15) is 36.8 Å². The zero-order valence-electron chi connectivity index (χ0n) is 16.8. The molecule has 1 N–H and O–H groups in total. The van der Waals surface area contributed by atoms with Gasteiger partial charge in [-0.1, -0.05) is 25.0 Å². The van der Waals surface area contributed by atoms with E-state index >= 15 is 0 Å². The summed E-state index contributed by atoms with van der Waals surface area (Å²) in [5.74, 6) is -0.384. The van der Waals surface area contributed by atoms with Gasteiger partial charge in [-0.2, -0.15) is 4.31 Å². The van der Waals surface area contributed by atoms with E-state index in [-0.39, 0.29) is 17.3 Å². The van der Waals surface area contributed by atoms with Crippen molar-refractivity contribution < 1.29 is 13.2 Å². The Labute approximate surface area is 171 Å². The van der Waals surface area contributed by atoms with Crippen molar-refractivity contribution in [3.05, 3.63) is 58.0 Å². The number of hydrogen-bond donors (Lipinski definition) is 1. The van der Waals surface area contributed by atoms with E-state index in [1.807, 2.05) is 32.0 Å². The molecule has 1 amide bonds. The molecule has 1 saturated heterocycles. The van der Waals surface area contributed by atoms with Gasteiger partial charge in [0.2, 0.25) is 15.9 Å².